The van der Waals surface area contributed by atoms with Crippen LogP contribution in [0.15, 0.2) is 22.6 Å². The van der Waals surface area contributed by atoms with Crippen LogP contribution in [0.3, 0.4) is 0 Å². The number of hydrogen-bond donors (Lipinski definition) is 2. The molecule has 0 amide bonds. The van der Waals surface area contributed by atoms with Crippen LogP contribution in [-0.4, -0.2) is 4.98 Å². The molecule has 1 aromatic carbocycles. The number of anilines is 1. The topological polar surface area (TPSA) is 64.1 Å². The predicted molar refractivity (Wildman–Crippen MR) is 41.8 cm³/mol. The van der Waals surface area contributed by atoms with E-state index in [0.29, 0.717) is 5.58 Å². The van der Waals surface area contributed by atoms with E-state index in [1.807, 2.05) is 0 Å². The van der Waals surface area contributed by atoms with Gasteiger partial charge in [-0.25, -0.2) is 10.2 Å². The fourth-order valence-corrected chi connectivity index (χ4v) is 0.977. The molecule has 0 spiro atoms. The van der Waals surface area contributed by atoms with E-state index < -0.39 is 5.82 Å². The van der Waals surface area contributed by atoms with Crippen molar-refractivity contribution in [3.8, 4) is 0 Å². The van der Waals surface area contributed by atoms with Gasteiger partial charge < -0.3 is 4.42 Å². The molecule has 0 saturated heterocycles. The van der Waals surface area contributed by atoms with Crippen molar-refractivity contribution in [3.63, 3.8) is 0 Å². The van der Waals surface area contributed by atoms with Crippen molar-refractivity contribution < 1.29 is 8.81 Å². The molecule has 0 aliphatic rings. The summed E-state index contributed by atoms with van der Waals surface area (Å²) in [5.41, 5.74) is 2.76. The molecule has 1 heterocycles. The average molecular weight is 167 g/mol. The number of fused-ring (bicyclic) bond motifs is 1. The third kappa shape index (κ3) is 0.911. The lowest BCUT2D eigenvalue weighted by molar-refractivity contribution is 0.614. The molecule has 62 valence electrons. The Morgan fingerprint density at radius 1 is 1.50 bits per heavy atom. The third-order valence-corrected chi connectivity index (χ3v) is 1.49. The first-order chi connectivity index (χ1) is 5.81. The monoisotopic (exact) mass is 167 g/mol. The van der Waals surface area contributed by atoms with E-state index in [0.717, 1.165) is 0 Å². The van der Waals surface area contributed by atoms with Gasteiger partial charge in [0.25, 0.3) is 0 Å². The first kappa shape index (κ1) is 7.05. The SMILES string of the molecule is NNc1nc2c(F)cccc2o1. The summed E-state index contributed by atoms with van der Waals surface area (Å²) < 4.78 is 18.0. The van der Waals surface area contributed by atoms with Crippen molar-refractivity contribution in [2.75, 3.05) is 5.43 Å². The molecule has 2 aromatic rings. The summed E-state index contributed by atoms with van der Waals surface area (Å²) in [4.78, 5) is 3.75. The van der Waals surface area contributed by atoms with Crippen LogP contribution in [0.25, 0.3) is 11.1 Å². The van der Waals surface area contributed by atoms with Crippen LogP contribution in [0.1, 0.15) is 0 Å². The molecule has 0 saturated carbocycles. The van der Waals surface area contributed by atoms with Crippen molar-refractivity contribution >= 4 is 17.1 Å². The molecule has 3 N–H and O–H groups in total. The van der Waals surface area contributed by atoms with Gasteiger partial charge in [-0.1, -0.05) is 6.07 Å². The second-order valence-electron chi connectivity index (χ2n) is 2.25. The average Bonchev–Trinajstić information content (AvgIpc) is 2.49. The molecular formula is C7H6FN3O. The summed E-state index contributed by atoms with van der Waals surface area (Å²) >= 11 is 0. The van der Waals surface area contributed by atoms with Crippen molar-refractivity contribution in [3.05, 3.63) is 24.0 Å². The molecule has 12 heavy (non-hydrogen) atoms. The number of hydrazine groups is 1. The first-order valence-corrected chi connectivity index (χ1v) is 3.33. The summed E-state index contributed by atoms with van der Waals surface area (Å²) in [6.07, 6.45) is 0. The Bertz CT molecular complexity index is 412. The zero-order valence-corrected chi connectivity index (χ0v) is 6.04. The number of hydrogen-bond acceptors (Lipinski definition) is 4. The predicted octanol–water partition coefficient (Wildman–Crippen LogP) is 1.25. The van der Waals surface area contributed by atoms with Gasteiger partial charge in [-0.2, -0.15) is 4.98 Å². The highest BCUT2D eigenvalue weighted by atomic mass is 19.1. The number of nitrogens with two attached hydrogens (primary N) is 1. The Hall–Kier alpha value is -1.62. The van der Waals surface area contributed by atoms with Gasteiger partial charge in [0.1, 0.15) is 5.52 Å². The van der Waals surface area contributed by atoms with E-state index in [1.54, 1.807) is 12.1 Å². The number of halogens is 1. The Labute approximate surface area is 67.2 Å². The molecule has 0 atom stereocenters. The largest absolute Gasteiger partial charge is 0.423 e. The van der Waals surface area contributed by atoms with Crippen molar-refractivity contribution in [1.29, 1.82) is 0 Å². The van der Waals surface area contributed by atoms with Crippen LogP contribution >= 0.6 is 0 Å². The Morgan fingerprint density at radius 3 is 3.00 bits per heavy atom. The standard InChI is InChI=1S/C7H6FN3O/c8-4-2-1-3-5-6(4)10-7(11-9)12-5/h1-3H,9H2,(H,10,11). The molecule has 4 nitrogen and oxygen atoms in total. The maximum Gasteiger partial charge on any atom is 0.310 e. The van der Waals surface area contributed by atoms with Gasteiger partial charge in [-0.3, -0.25) is 5.43 Å². The number of rotatable bonds is 1. The van der Waals surface area contributed by atoms with E-state index in [-0.39, 0.29) is 11.5 Å². The van der Waals surface area contributed by atoms with E-state index in [4.69, 9.17) is 10.3 Å². The molecule has 1 aromatic heterocycles. The molecule has 5 heteroatoms. The lowest BCUT2D eigenvalue weighted by Gasteiger charge is -1.85. The van der Waals surface area contributed by atoms with Gasteiger partial charge in [-0.05, 0) is 12.1 Å². The Kier molecular flexibility index (Phi) is 1.44. The summed E-state index contributed by atoms with van der Waals surface area (Å²) in [6.45, 7) is 0. The van der Waals surface area contributed by atoms with Gasteiger partial charge in [0.15, 0.2) is 11.4 Å². The van der Waals surface area contributed by atoms with Gasteiger partial charge in [-0.15, -0.1) is 0 Å². The first-order valence-electron chi connectivity index (χ1n) is 3.33. The highest BCUT2D eigenvalue weighted by Crippen LogP contribution is 2.19. The minimum absolute atomic E-state index is 0.107. The molecule has 0 radical (unpaired) electrons. The number of para-hydroxylation sites is 1. The van der Waals surface area contributed by atoms with Gasteiger partial charge in [0.05, 0.1) is 0 Å². The molecular weight excluding hydrogens is 161 g/mol. The number of nitrogen functional groups attached to an aromatic ring is 1. The van der Waals surface area contributed by atoms with Crippen LogP contribution < -0.4 is 11.3 Å². The minimum atomic E-state index is -0.419. The van der Waals surface area contributed by atoms with Crippen LogP contribution in [0, 0.1) is 5.82 Å². The zero-order valence-electron chi connectivity index (χ0n) is 6.04. The quantitative estimate of drug-likeness (QED) is 0.495. The molecule has 0 aliphatic carbocycles. The van der Waals surface area contributed by atoms with Crippen molar-refractivity contribution in [2.24, 2.45) is 5.84 Å². The maximum atomic E-state index is 12.9. The number of nitrogens with one attached hydrogen (secondary N) is 1. The molecule has 0 unspecified atom stereocenters. The summed E-state index contributed by atoms with van der Waals surface area (Å²) in [5, 5.41) is 0. The number of nitrogens with zero attached hydrogens (tertiary/aromatic N) is 1. The summed E-state index contributed by atoms with van der Waals surface area (Å²) in [7, 11) is 0. The molecule has 0 fully saturated rings. The smallest absolute Gasteiger partial charge is 0.310 e. The number of benzene rings is 1. The molecule has 0 aliphatic heterocycles. The Balaban J connectivity index is 2.74. The minimum Gasteiger partial charge on any atom is -0.423 e. The number of aromatic nitrogens is 1. The van der Waals surface area contributed by atoms with Crippen LogP contribution in [0.5, 0.6) is 0 Å². The fourth-order valence-electron chi connectivity index (χ4n) is 0.977. The lowest BCUT2D eigenvalue weighted by Crippen LogP contribution is -2.06. The number of oxazole rings is 1. The van der Waals surface area contributed by atoms with Crippen molar-refractivity contribution in [2.45, 2.75) is 0 Å². The van der Waals surface area contributed by atoms with Crippen molar-refractivity contribution in [1.82, 2.24) is 4.98 Å². The van der Waals surface area contributed by atoms with Crippen LogP contribution in [0.2, 0.25) is 0 Å². The summed E-state index contributed by atoms with van der Waals surface area (Å²) in [6, 6.07) is 4.58. The molecule has 0 bridgehead atoms. The fraction of sp³-hybridized carbons (Fsp3) is 0. The second-order valence-corrected chi connectivity index (χ2v) is 2.25. The van der Waals surface area contributed by atoms with Gasteiger partial charge >= 0.3 is 6.01 Å². The second kappa shape index (κ2) is 2.46. The highest BCUT2D eigenvalue weighted by molar-refractivity contribution is 5.74. The van der Waals surface area contributed by atoms with E-state index in [1.165, 1.54) is 6.07 Å². The van der Waals surface area contributed by atoms with Crippen LogP contribution in [-0.2, 0) is 0 Å². The summed E-state index contributed by atoms with van der Waals surface area (Å²) in [5.74, 6) is 4.62. The molecule has 2 rings (SSSR count). The van der Waals surface area contributed by atoms with E-state index >= 15 is 0 Å². The normalized spacial score (nSPS) is 10.5. The van der Waals surface area contributed by atoms with E-state index in [2.05, 4.69) is 10.4 Å². The van der Waals surface area contributed by atoms with Gasteiger partial charge in [0.2, 0.25) is 0 Å². The van der Waals surface area contributed by atoms with Crippen LogP contribution in [0.4, 0.5) is 10.4 Å². The van der Waals surface area contributed by atoms with E-state index in [9.17, 15) is 4.39 Å². The maximum absolute atomic E-state index is 12.9. The lowest BCUT2D eigenvalue weighted by atomic mass is 10.3. The zero-order chi connectivity index (χ0) is 8.55. The Morgan fingerprint density at radius 2 is 2.33 bits per heavy atom. The highest BCUT2D eigenvalue weighted by Gasteiger charge is 2.07. The van der Waals surface area contributed by atoms with Gasteiger partial charge in [0, 0.05) is 0 Å². The third-order valence-electron chi connectivity index (χ3n) is 1.49.